The number of nitrogens with one attached hydrogen (secondary N) is 1. The van der Waals surface area contributed by atoms with Gasteiger partial charge in [0.2, 0.25) is 0 Å². The number of amides is 1. The average molecular weight is 374 g/mol. The van der Waals surface area contributed by atoms with Gasteiger partial charge in [-0.2, -0.15) is 10.6 Å². The lowest BCUT2D eigenvalue weighted by Crippen LogP contribution is -2.37. The number of piperidine rings is 1. The molecule has 1 aliphatic heterocycles. The van der Waals surface area contributed by atoms with Crippen molar-refractivity contribution in [3.05, 3.63) is 36.0 Å². The number of hydrogen-bond donors (Lipinski definition) is 1. The second-order valence-electron chi connectivity index (χ2n) is 5.87. The predicted molar refractivity (Wildman–Crippen MR) is 94.6 cm³/mol. The molecule has 0 aromatic carbocycles. The summed E-state index contributed by atoms with van der Waals surface area (Å²) in [4.78, 5) is 31.6. The lowest BCUT2D eigenvalue weighted by Gasteiger charge is -2.25. The van der Waals surface area contributed by atoms with Crippen molar-refractivity contribution in [3.63, 3.8) is 0 Å². The largest absolute Gasteiger partial charge is 0.434 e. The molecule has 26 heavy (non-hydrogen) atoms. The van der Waals surface area contributed by atoms with E-state index in [0.29, 0.717) is 24.5 Å². The Balaban J connectivity index is 1.54. The first-order valence-electron chi connectivity index (χ1n) is 8.24. The summed E-state index contributed by atoms with van der Waals surface area (Å²) < 4.78 is 1.67. The Morgan fingerprint density at radius 2 is 2.04 bits per heavy atom. The SMILES string of the molecule is O=C(ONc1nc(-c2cnn3ccncc23)ncc1Cl)N1CCCCC1. The first-order valence-corrected chi connectivity index (χ1v) is 8.62. The number of anilines is 1. The number of fused-ring (bicyclic) bond motifs is 1. The summed E-state index contributed by atoms with van der Waals surface area (Å²) in [6.45, 7) is 1.39. The van der Waals surface area contributed by atoms with Crippen molar-refractivity contribution in [1.29, 1.82) is 0 Å². The van der Waals surface area contributed by atoms with Gasteiger partial charge in [-0.3, -0.25) is 4.98 Å². The Labute approximate surface area is 153 Å². The zero-order valence-corrected chi connectivity index (χ0v) is 14.6. The molecule has 1 fully saturated rings. The van der Waals surface area contributed by atoms with Crippen molar-refractivity contribution in [1.82, 2.24) is 29.5 Å². The molecule has 0 bridgehead atoms. The van der Waals surface area contributed by atoms with Gasteiger partial charge in [-0.05, 0) is 19.3 Å². The van der Waals surface area contributed by atoms with E-state index in [9.17, 15) is 4.79 Å². The molecule has 0 atom stereocenters. The molecular weight excluding hydrogens is 358 g/mol. The minimum atomic E-state index is -0.443. The van der Waals surface area contributed by atoms with Gasteiger partial charge in [-0.1, -0.05) is 11.6 Å². The minimum absolute atomic E-state index is 0.213. The molecule has 134 valence electrons. The Morgan fingerprint density at radius 1 is 1.19 bits per heavy atom. The molecule has 1 amide bonds. The molecule has 0 aliphatic carbocycles. The molecule has 3 aromatic rings. The van der Waals surface area contributed by atoms with Crippen LogP contribution in [0.5, 0.6) is 0 Å². The lowest BCUT2D eigenvalue weighted by molar-refractivity contribution is 0.114. The number of carbonyl (C=O) groups excluding carboxylic acids is 1. The van der Waals surface area contributed by atoms with Gasteiger partial charge in [0.05, 0.1) is 29.7 Å². The molecule has 10 heteroatoms. The molecular formula is C16H16ClN7O2. The Kier molecular flexibility index (Phi) is 4.53. The number of halogens is 1. The van der Waals surface area contributed by atoms with Crippen molar-refractivity contribution in [2.45, 2.75) is 19.3 Å². The van der Waals surface area contributed by atoms with Gasteiger partial charge >= 0.3 is 6.09 Å². The summed E-state index contributed by atoms with van der Waals surface area (Å²) in [6.07, 6.45) is 10.8. The fraction of sp³-hybridized carbons (Fsp3) is 0.312. The quantitative estimate of drug-likeness (QED) is 0.705. The van der Waals surface area contributed by atoms with Gasteiger partial charge in [-0.25, -0.2) is 19.3 Å². The van der Waals surface area contributed by atoms with Gasteiger partial charge in [0.25, 0.3) is 0 Å². The van der Waals surface area contributed by atoms with Crippen molar-refractivity contribution < 1.29 is 9.63 Å². The van der Waals surface area contributed by atoms with Gasteiger partial charge in [-0.15, -0.1) is 0 Å². The topological polar surface area (TPSA) is 97.5 Å². The van der Waals surface area contributed by atoms with E-state index in [-0.39, 0.29) is 10.8 Å². The van der Waals surface area contributed by atoms with Crippen molar-refractivity contribution in [3.8, 4) is 11.4 Å². The lowest BCUT2D eigenvalue weighted by atomic mass is 10.1. The second kappa shape index (κ2) is 7.12. The Hall–Kier alpha value is -2.94. The molecule has 3 aromatic heterocycles. The van der Waals surface area contributed by atoms with Gasteiger partial charge in [0.15, 0.2) is 11.6 Å². The zero-order valence-electron chi connectivity index (χ0n) is 13.8. The van der Waals surface area contributed by atoms with Crippen LogP contribution in [-0.2, 0) is 4.84 Å². The van der Waals surface area contributed by atoms with E-state index < -0.39 is 6.09 Å². The summed E-state index contributed by atoms with van der Waals surface area (Å²) in [5.41, 5.74) is 3.99. The molecule has 1 saturated heterocycles. The number of nitrogens with zero attached hydrogens (tertiary/aromatic N) is 6. The van der Waals surface area contributed by atoms with Crippen LogP contribution in [0.1, 0.15) is 19.3 Å². The first kappa shape index (κ1) is 16.5. The van der Waals surface area contributed by atoms with E-state index in [0.717, 1.165) is 24.8 Å². The monoisotopic (exact) mass is 373 g/mol. The molecule has 4 rings (SSSR count). The number of aromatic nitrogens is 5. The van der Waals surface area contributed by atoms with Crippen molar-refractivity contribution >= 4 is 29.0 Å². The Morgan fingerprint density at radius 3 is 2.88 bits per heavy atom. The summed E-state index contributed by atoms with van der Waals surface area (Å²) >= 11 is 6.12. The smallest absolute Gasteiger partial charge is 0.323 e. The molecule has 4 heterocycles. The highest BCUT2D eigenvalue weighted by molar-refractivity contribution is 6.32. The average Bonchev–Trinajstić information content (AvgIpc) is 3.12. The molecule has 1 aliphatic rings. The molecule has 0 saturated carbocycles. The van der Waals surface area contributed by atoms with Crippen LogP contribution in [0.3, 0.4) is 0 Å². The minimum Gasteiger partial charge on any atom is -0.323 e. The summed E-state index contributed by atoms with van der Waals surface area (Å²) in [5, 5.41) is 4.48. The molecule has 1 N–H and O–H groups in total. The van der Waals surface area contributed by atoms with E-state index in [1.54, 1.807) is 34.2 Å². The second-order valence-corrected chi connectivity index (χ2v) is 6.28. The molecule has 0 unspecified atom stereocenters. The number of likely N-dealkylation sites (tertiary alicyclic amines) is 1. The fourth-order valence-corrected chi connectivity index (χ4v) is 2.94. The third-order valence-corrected chi connectivity index (χ3v) is 4.44. The standard InChI is InChI=1S/C16H16ClN7O2/c17-12-9-19-14(11-8-20-24-7-4-18-10-13(11)24)21-15(12)22-26-16(25)23-5-2-1-3-6-23/h4,7-10H,1-3,5-6H2,(H,19,21,22). The highest BCUT2D eigenvalue weighted by Gasteiger charge is 2.19. The van der Waals surface area contributed by atoms with Crippen LogP contribution in [0.15, 0.2) is 31.0 Å². The van der Waals surface area contributed by atoms with Gasteiger partial charge in [0, 0.05) is 25.5 Å². The highest BCUT2D eigenvalue weighted by atomic mass is 35.5. The van der Waals surface area contributed by atoms with E-state index in [1.165, 1.54) is 6.20 Å². The first-order chi connectivity index (χ1) is 12.7. The molecule has 0 spiro atoms. The number of carbonyl (C=O) groups is 1. The maximum atomic E-state index is 12.1. The molecule has 9 nitrogen and oxygen atoms in total. The number of hydrogen-bond acceptors (Lipinski definition) is 7. The van der Waals surface area contributed by atoms with Crippen LogP contribution < -0.4 is 5.48 Å². The summed E-state index contributed by atoms with van der Waals surface area (Å²) in [7, 11) is 0. The number of rotatable bonds is 3. The zero-order chi connectivity index (χ0) is 17.9. The van der Waals surface area contributed by atoms with Gasteiger partial charge < -0.3 is 9.74 Å². The van der Waals surface area contributed by atoms with Crippen LogP contribution in [-0.4, -0.2) is 48.6 Å². The third kappa shape index (κ3) is 3.25. The maximum Gasteiger partial charge on any atom is 0.434 e. The van der Waals surface area contributed by atoms with Crippen LogP contribution in [0.25, 0.3) is 16.9 Å². The van der Waals surface area contributed by atoms with Gasteiger partial charge in [0.1, 0.15) is 5.02 Å². The van der Waals surface area contributed by atoms with E-state index in [2.05, 4.69) is 25.5 Å². The highest BCUT2D eigenvalue weighted by Crippen LogP contribution is 2.25. The van der Waals surface area contributed by atoms with Crippen LogP contribution in [0.4, 0.5) is 10.6 Å². The summed E-state index contributed by atoms with van der Waals surface area (Å²) in [5.74, 6) is 0.610. The molecule has 0 radical (unpaired) electrons. The van der Waals surface area contributed by atoms with E-state index in [1.807, 2.05) is 0 Å². The fourth-order valence-electron chi connectivity index (χ4n) is 2.81. The third-order valence-electron chi connectivity index (χ3n) is 4.16. The van der Waals surface area contributed by atoms with Crippen LogP contribution >= 0.6 is 11.6 Å². The van der Waals surface area contributed by atoms with Crippen LogP contribution in [0.2, 0.25) is 5.02 Å². The van der Waals surface area contributed by atoms with Crippen molar-refractivity contribution in [2.24, 2.45) is 0 Å². The van der Waals surface area contributed by atoms with E-state index in [4.69, 9.17) is 16.4 Å². The normalized spacial score (nSPS) is 14.4. The maximum absolute atomic E-state index is 12.1. The van der Waals surface area contributed by atoms with Crippen LogP contribution in [0, 0.1) is 0 Å². The van der Waals surface area contributed by atoms with Crippen molar-refractivity contribution in [2.75, 3.05) is 18.6 Å². The van der Waals surface area contributed by atoms with E-state index >= 15 is 0 Å². The Bertz CT molecular complexity index is 939. The predicted octanol–water partition coefficient (Wildman–Crippen LogP) is 2.79. The summed E-state index contributed by atoms with van der Waals surface area (Å²) in [6, 6.07) is 0.